The summed E-state index contributed by atoms with van der Waals surface area (Å²) in [6.45, 7) is 2.14. The third-order valence-corrected chi connectivity index (χ3v) is 2.44. The largest absolute Gasteiger partial charge is 0.130 e. The second-order valence-corrected chi connectivity index (χ2v) is 3.66. The van der Waals surface area contributed by atoms with Crippen LogP contribution in [-0.4, -0.2) is 6.26 Å². The molecule has 0 aliphatic carbocycles. The monoisotopic (exact) mass is 190 g/mol. The minimum atomic E-state index is 0.990. The summed E-state index contributed by atoms with van der Waals surface area (Å²) < 4.78 is 0. The predicted molar refractivity (Wildman–Crippen MR) is 60.0 cm³/mol. The van der Waals surface area contributed by atoms with Crippen LogP contribution in [0, 0.1) is 11.8 Å². The maximum Gasteiger partial charge on any atom is 0.0246 e. The summed E-state index contributed by atoms with van der Waals surface area (Å²) in [5.74, 6) is 6.27. The van der Waals surface area contributed by atoms with Crippen molar-refractivity contribution in [2.24, 2.45) is 0 Å². The van der Waals surface area contributed by atoms with E-state index in [4.69, 9.17) is 0 Å². The molecule has 0 aliphatic rings. The molecule has 0 atom stereocenters. The van der Waals surface area contributed by atoms with Crippen LogP contribution in [0.25, 0.3) is 0 Å². The highest BCUT2D eigenvalue weighted by atomic mass is 32.2. The fourth-order valence-electron chi connectivity index (χ4n) is 0.964. The van der Waals surface area contributed by atoms with Crippen LogP contribution >= 0.6 is 11.8 Å². The Morgan fingerprint density at radius 1 is 1.23 bits per heavy atom. The Kier molecular flexibility index (Phi) is 4.49. The molecule has 1 rings (SSSR count). The summed E-state index contributed by atoms with van der Waals surface area (Å²) in [6.07, 6.45) is 4.21. The molecule has 1 aromatic carbocycles. The minimum Gasteiger partial charge on any atom is -0.130 e. The first-order valence-electron chi connectivity index (χ1n) is 4.49. The molecule has 0 amide bonds. The van der Waals surface area contributed by atoms with E-state index in [1.165, 1.54) is 4.90 Å². The van der Waals surface area contributed by atoms with Gasteiger partial charge in [-0.2, -0.15) is 0 Å². The minimum absolute atomic E-state index is 0.990. The van der Waals surface area contributed by atoms with Gasteiger partial charge in [-0.15, -0.1) is 11.8 Å². The van der Waals surface area contributed by atoms with E-state index in [1.54, 1.807) is 11.8 Å². The molecule has 0 N–H and O–H groups in total. The molecule has 68 valence electrons. The van der Waals surface area contributed by atoms with Crippen molar-refractivity contribution in [2.75, 3.05) is 6.26 Å². The Bertz CT molecular complexity index is 300. The third-order valence-electron chi connectivity index (χ3n) is 1.70. The van der Waals surface area contributed by atoms with Gasteiger partial charge >= 0.3 is 0 Å². The maximum absolute atomic E-state index is 3.14. The van der Waals surface area contributed by atoms with E-state index in [0.717, 1.165) is 18.4 Å². The Morgan fingerprint density at radius 2 is 1.92 bits per heavy atom. The van der Waals surface area contributed by atoms with Gasteiger partial charge in [-0.25, -0.2) is 0 Å². The summed E-state index contributed by atoms with van der Waals surface area (Å²) in [5.41, 5.74) is 1.12. The van der Waals surface area contributed by atoms with Gasteiger partial charge in [0.2, 0.25) is 0 Å². The lowest BCUT2D eigenvalue weighted by molar-refractivity contribution is 0.983. The van der Waals surface area contributed by atoms with Crippen LogP contribution in [0.1, 0.15) is 25.3 Å². The molecule has 0 aliphatic heterocycles. The Hall–Kier alpha value is -0.870. The highest BCUT2D eigenvalue weighted by Gasteiger charge is 1.88. The first-order valence-corrected chi connectivity index (χ1v) is 5.72. The topological polar surface area (TPSA) is 0 Å². The Morgan fingerprint density at radius 3 is 2.46 bits per heavy atom. The molecule has 0 fully saturated rings. The summed E-state index contributed by atoms with van der Waals surface area (Å²) in [5, 5.41) is 0. The fraction of sp³-hybridized carbons (Fsp3) is 0.333. The number of hydrogen-bond acceptors (Lipinski definition) is 1. The maximum atomic E-state index is 3.14. The van der Waals surface area contributed by atoms with Gasteiger partial charge in [0, 0.05) is 16.9 Å². The van der Waals surface area contributed by atoms with Crippen LogP contribution in [0.4, 0.5) is 0 Å². The number of hydrogen-bond donors (Lipinski definition) is 0. The van der Waals surface area contributed by atoms with E-state index >= 15 is 0 Å². The first kappa shape index (κ1) is 10.2. The van der Waals surface area contributed by atoms with Gasteiger partial charge in [0.1, 0.15) is 0 Å². The molecular formula is C12H14S. The van der Waals surface area contributed by atoms with Crippen molar-refractivity contribution >= 4 is 11.8 Å². The molecule has 0 saturated heterocycles. The zero-order valence-electron chi connectivity index (χ0n) is 8.13. The zero-order valence-corrected chi connectivity index (χ0v) is 8.95. The lowest BCUT2D eigenvalue weighted by atomic mass is 10.2. The normalized spacial score (nSPS) is 9.08. The standard InChI is InChI=1S/C12H14S/c1-3-4-5-6-11-7-9-12(13-2)10-8-11/h7-10H,3-4H2,1-2H3. The average molecular weight is 190 g/mol. The molecular weight excluding hydrogens is 176 g/mol. The highest BCUT2D eigenvalue weighted by Crippen LogP contribution is 2.14. The van der Waals surface area contributed by atoms with E-state index in [2.05, 4.69) is 49.3 Å². The second kappa shape index (κ2) is 5.72. The van der Waals surface area contributed by atoms with Crippen molar-refractivity contribution in [3.63, 3.8) is 0 Å². The molecule has 0 saturated carbocycles. The van der Waals surface area contributed by atoms with E-state index < -0.39 is 0 Å². The van der Waals surface area contributed by atoms with E-state index in [-0.39, 0.29) is 0 Å². The van der Waals surface area contributed by atoms with Crippen LogP contribution in [-0.2, 0) is 0 Å². The third kappa shape index (κ3) is 3.57. The fourth-order valence-corrected chi connectivity index (χ4v) is 1.37. The number of rotatable bonds is 2. The molecule has 0 bridgehead atoms. The quantitative estimate of drug-likeness (QED) is 0.507. The molecule has 1 aromatic rings. The molecule has 0 aromatic heterocycles. The Balaban J connectivity index is 2.65. The van der Waals surface area contributed by atoms with Crippen molar-refractivity contribution in [1.82, 2.24) is 0 Å². The molecule has 13 heavy (non-hydrogen) atoms. The lowest BCUT2D eigenvalue weighted by Gasteiger charge is -1.94. The highest BCUT2D eigenvalue weighted by molar-refractivity contribution is 7.98. The number of benzene rings is 1. The van der Waals surface area contributed by atoms with Gasteiger partial charge in [0.15, 0.2) is 0 Å². The van der Waals surface area contributed by atoms with Gasteiger partial charge < -0.3 is 0 Å². The average Bonchev–Trinajstić information content (AvgIpc) is 2.19. The SMILES string of the molecule is CCCC#Cc1ccc(SC)cc1. The van der Waals surface area contributed by atoms with E-state index in [1.807, 2.05) is 0 Å². The zero-order chi connectivity index (χ0) is 9.52. The van der Waals surface area contributed by atoms with Crippen LogP contribution in [0.5, 0.6) is 0 Å². The van der Waals surface area contributed by atoms with Gasteiger partial charge in [-0.1, -0.05) is 18.8 Å². The van der Waals surface area contributed by atoms with Crippen molar-refractivity contribution in [3.05, 3.63) is 29.8 Å². The molecule has 0 unspecified atom stereocenters. The molecule has 0 heterocycles. The van der Waals surface area contributed by atoms with Gasteiger partial charge in [0.05, 0.1) is 0 Å². The summed E-state index contributed by atoms with van der Waals surface area (Å²) >= 11 is 1.76. The van der Waals surface area contributed by atoms with Crippen molar-refractivity contribution in [1.29, 1.82) is 0 Å². The van der Waals surface area contributed by atoms with Gasteiger partial charge in [0.25, 0.3) is 0 Å². The van der Waals surface area contributed by atoms with Crippen molar-refractivity contribution in [3.8, 4) is 11.8 Å². The van der Waals surface area contributed by atoms with E-state index in [0.29, 0.717) is 0 Å². The smallest absolute Gasteiger partial charge is 0.0246 e. The lowest BCUT2D eigenvalue weighted by Crippen LogP contribution is -1.74. The summed E-state index contributed by atoms with van der Waals surface area (Å²) in [4.78, 5) is 1.29. The van der Waals surface area contributed by atoms with Crippen molar-refractivity contribution in [2.45, 2.75) is 24.7 Å². The summed E-state index contributed by atoms with van der Waals surface area (Å²) in [7, 11) is 0. The number of thioether (sulfide) groups is 1. The molecule has 0 nitrogen and oxygen atoms in total. The predicted octanol–water partition coefficient (Wildman–Crippen LogP) is 3.56. The Labute approximate surface area is 84.7 Å². The van der Waals surface area contributed by atoms with Crippen LogP contribution in [0.3, 0.4) is 0 Å². The first-order chi connectivity index (χ1) is 6.36. The van der Waals surface area contributed by atoms with Crippen molar-refractivity contribution < 1.29 is 0 Å². The van der Waals surface area contributed by atoms with Crippen LogP contribution in [0.15, 0.2) is 29.2 Å². The summed E-state index contributed by atoms with van der Waals surface area (Å²) in [6, 6.07) is 8.38. The van der Waals surface area contributed by atoms with Gasteiger partial charge in [-0.3, -0.25) is 0 Å². The second-order valence-electron chi connectivity index (χ2n) is 2.78. The van der Waals surface area contributed by atoms with E-state index in [9.17, 15) is 0 Å². The molecule has 1 heteroatoms. The molecule has 0 radical (unpaired) electrons. The molecule has 0 spiro atoms. The number of unbranched alkanes of at least 4 members (excludes halogenated alkanes) is 1. The van der Waals surface area contributed by atoms with Gasteiger partial charge in [-0.05, 0) is 36.9 Å². The van der Waals surface area contributed by atoms with Crippen LogP contribution < -0.4 is 0 Å². The van der Waals surface area contributed by atoms with Crippen LogP contribution in [0.2, 0.25) is 0 Å².